The van der Waals surface area contributed by atoms with Gasteiger partial charge in [-0.15, -0.1) is 0 Å². The highest BCUT2D eigenvalue weighted by atomic mass is 32.1. The van der Waals surface area contributed by atoms with Crippen molar-refractivity contribution >= 4 is 85.1 Å². The van der Waals surface area contributed by atoms with E-state index in [1.54, 1.807) is 0 Å². The fraction of sp³-hybridized carbons (Fsp3) is 1.00. The Kier molecular flexibility index (Phi) is 43.7. The van der Waals surface area contributed by atoms with Crippen molar-refractivity contribution in [3.63, 3.8) is 0 Å². The minimum absolute atomic E-state index is 0. The average molecular weight is 667 g/mol. The molecule has 0 rings (SSSR count). The van der Waals surface area contributed by atoms with E-state index in [1.807, 2.05) is 83.1 Å². The summed E-state index contributed by atoms with van der Waals surface area (Å²) in [6, 6.07) is 1.78. The van der Waals surface area contributed by atoms with Gasteiger partial charge in [0, 0.05) is 48.7 Å². The zero-order chi connectivity index (χ0) is 25.5. The first-order valence-electron chi connectivity index (χ1n) is 12.7. The third kappa shape index (κ3) is 30.7. The van der Waals surface area contributed by atoms with Crippen molar-refractivity contribution in [1.29, 1.82) is 0 Å². The summed E-state index contributed by atoms with van der Waals surface area (Å²) in [6.07, 6.45) is 2.95. The zero-order valence-corrected chi connectivity index (χ0v) is 33.2. The van der Waals surface area contributed by atoms with E-state index in [4.69, 9.17) is 26.6 Å². The van der Waals surface area contributed by atoms with E-state index in [2.05, 4.69) is 13.8 Å². The molecule has 13 heteroatoms. The van der Waals surface area contributed by atoms with Crippen LogP contribution in [-0.4, -0.2) is 54.2 Å². The number of rotatable bonds is 16. The van der Waals surface area contributed by atoms with Gasteiger partial charge in [-0.2, -0.15) is 67.5 Å². The van der Waals surface area contributed by atoms with E-state index in [0.29, 0.717) is 0 Å². The molecule has 0 amide bonds. The van der Waals surface area contributed by atoms with Gasteiger partial charge in [0.15, 0.2) is 0 Å². The monoisotopic (exact) mass is 666 g/mol. The fourth-order valence-electron chi connectivity index (χ4n) is 3.29. The Hall–Kier alpha value is 1.94. The molecule has 0 radical (unpaired) electrons. The van der Waals surface area contributed by atoms with Crippen molar-refractivity contribution in [3.8, 4) is 0 Å². The molecule has 0 heterocycles. The van der Waals surface area contributed by atoms with Gasteiger partial charge < -0.3 is 26.6 Å². The van der Waals surface area contributed by atoms with Gasteiger partial charge in [-0.25, -0.2) is 0 Å². The van der Waals surface area contributed by atoms with Crippen LogP contribution in [0.1, 0.15) is 110 Å². The molecule has 0 aliphatic carbocycles. The predicted octanol–water partition coefficient (Wildman–Crippen LogP) is 7.78. The maximum atomic E-state index is 5.99. The van der Waals surface area contributed by atoms with Crippen LogP contribution in [-0.2, 0) is 26.6 Å². The predicted molar refractivity (Wildman–Crippen MR) is 191 cm³/mol. The van der Waals surface area contributed by atoms with Gasteiger partial charge in [-0.3, -0.25) is 0 Å². The van der Waals surface area contributed by atoms with E-state index in [9.17, 15) is 0 Å². The van der Waals surface area contributed by atoms with Crippen molar-refractivity contribution < 1.29 is 26.6 Å². The summed E-state index contributed by atoms with van der Waals surface area (Å²) in [6.45, 7) is 28.7. The molecular weight excluding hydrogens is 601 g/mol. The van der Waals surface area contributed by atoms with Crippen LogP contribution in [0, 0.1) is 0 Å². The van der Waals surface area contributed by atoms with E-state index in [0.717, 1.165) is 24.9 Å². The molecule has 0 saturated heterocycles. The first kappa shape index (κ1) is 54.9. The summed E-state index contributed by atoms with van der Waals surface area (Å²) >= 11 is 0. The lowest BCUT2D eigenvalue weighted by Gasteiger charge is -2.34. The minimum Gasteiger partial charge on any atom is -0.371 e. The van der Waals surface area contributed by atoms with Crippen LogP contribution in [0.2, 0.25) is 12.1 Å². The molecule has 0 aromatic carbocycles. The lowest BCUT2D eigenvalue weighted by atomic mass is 10.5. The van der Waals surface area contributed by atoms with Crippen molar-refractivity contribution in [1.82, 2.24) is 0 Å². The summed E-state index contributed by atoms with van der Waals surface area (Å²) < 4.78 is 36.0. The molecule has 0 aliphatic rings. The van der Waals surface area contributed by atoms with Crippen LogP contribution >= 0.6 is 67.5 Å². The second kappa shape index (κ2) is 29.4. The van der Waals surface area contributed by atoms with E-state index < -0.39 is 17.6 Å². The van der Waals surface area contributed by atoms with Gasteiger partial charge in [-0.1, -0.05) is 26.7 Å². The van der Waals surface area contributed by atoms with E-state index >= 15 is 0 Å². The topological polar surface area (TPSA) is 55.4 Å². The van der Waals surface area contributed by atoms with Crippen LogP contribution in [0.5, 0.6) is 0 Å². The SMILES string of the molecule is CCC[Si](OC(C)C)(OC(C)C)OC(C)C.CCC[Si](OC(C)C)(OC(C)C)OC(C)C.S.S.S.S.S. The molecular formula is C24H66O6S5Si2. The maximum absolute atomic E-state index is 5.99. The summed E-state index contributed by atoms with van der Waals surface area (Å²) in [5.74, 6) is 0. The summed E-state index contributed by atoms with van der Waals surface area (Å²) in [7, 11) is -4.97. The van der Waals surface area contributed by atoms with Crippen LogP contribution in [0.25, 0.3) is 0 Å². The van der Waals surface area contributed by atoms with Gasteiger partial charge in [0.25, 0.3) is 0 Å². The molecule has 0 spiro atoms. The normalized spacial score (nSPS) is 11.4. The Balaban J connectivity index is -0.0000000857. The molecule has 236 valence electrons. The van der Waals surface area contributed by atoms with Gasteiger partial charge >= 0.3 is 17.6 Å². The molecule has 0 aromatic rings. The molecule has 37 heavy (non-hydrogen) atoms. The van der Waals surface area contributed by atoms with Gasteiger partial charge in [0.1, 0.15) is 0 Å². The van der Waals surface area contributed by atoms with Gasteiger partial charge in [-0.05, 0) is 83.1 Å². The molecule has 0 bridgehead atoms. The molecule has 0 fully saturated rings. The van der Waals surface area contributed by atoms with Crippen molar-refractivity contribution in [2.24, 2.45) is 0 Å². The maximum Gasteiger partial charge on any atom is 0.501 e. The van der Waals surface area contributed by atoms with Gasteiger partial charge in [0.05, 0.1) is 0 Å². The van der Waals surface area contributed by atoms with Crippen molar-refractivity contribution in [3.05, 3.63) is 0 Å². The Morgan fingerprint density at radius 1 is 0.351 bits per heavy atom. The van der Waals surface area contributed by atoms with Crippen LogP contribution < -0.4 is 0 Å². The first-order valence-corrected chi connectivity index (χ1v) is 16.6. The first-order chi connectivity index (χ1) is 14.6. The van der Waals surface area contributed by atoms with Crippen molar-refractivity contribution in [2.45, 2.75) is 158 Å². The lowest BCUT2D eigenvalue weighted by molar-refractivity contribution is 0.00195. The lowest BCUT2D eigenvalue weighted by Crippen LogP contribution is -2.50. The smallest absolute Gasteiger partial charge is 0.371 e. The van der Waals surface area contributed by atoms with Gasteiger partial charge in [0.2, 0.25) is 0 Å². The molecule has 0 aliphatic heterocycles. The highest BCUT2D eigenvalue weighted by Gasteiger charge is 2.44. The zero-order valence-electron chi connectivity index (χ0n) is 26.2. The molecule has 0 saturated carbocycles. The van der Waals surface area contributed by atoms with E-state index in [1.165, 1.54) is 0 Å². The summed E-state index contributed by atoms with van der Waals surface area (Å²) in [5.41, 5.74) is 0. The second-order valence-corrected chi connectivity index (χ2v) is 15.0. The largest absolute Gasteiger partial charge is 0.501 e. The quantitative estimate of drug-likeness (QED) is 0.157. The number of hydrogen-bond donors (Lipinski definition) is 0. The molecule has 0 atom stereocenters. The third-order valence-corrected chi connectivity index (χ3v) is 10.8. The molecule has 6 nitrogen and oxygen atoms in total. The number of hydrogen-bond acceptors (Lipinski definition) is 6. The fourth-order valence-corrected chi connectivity index (χ4v) is 9.86. The Labute approximate surface area is 268 Å². The highest BCUT2D eigenvalue weighted by molar-refractivity contribution is 7.60. The van der Waals surface area contributed by atoms with Crippen LogP contribution in [0.15, 0.2) is 0 Å². The molecule has 0 aromatic heterocycles. The minimum atomic E-state index is -2.48. The Bertz CT molecular complexity index is 370. The standard InChI is InChI=1S/2C12H28O3Si.5H2S/c2*1-8-9-16(13-10(2)3,14-11(4)5)15-12(6)7;;;;;/h2*10-12H,8-9H2,1-7H3;5*1H2. The third-order valence-electron chi connectivity index (χ3n) is 3.60. The average Bonchev–Trinajstić information content (AvgIpc) is 2.50. The summed E-state index contributed by atoms with van der Waals surface area (Å²) in [5, 5.41) is 0. The van der Waals surface area contributed by atoms with Crippen LogP contribution in [0.3, 0.4) is 0 Å². The Morgan fingerprint density at radius 3 is 0.568 bits per heavy atom. The second-order valence-electron chi connectivity index (χ2n) is 9.87. The Morgan fingerprint density at radius 2 is 0.486 bits per heavy atom. The van der Waals surface area contributed by atoms with Crippen LogP contribution in [0.4, 0.5) is 0 Å². The van der Waals surface area contributed by atoms with E-state index in [-0.39, 0.29) is 104 Å². The summed E-state index contributed by atoms with van der Waals surface area (Å²) in [4.78, 5) is 0. The van der Waals surface area contributed by atoms with Crippen molar-refractivity contribution in [2.75, 3.05) is 0 Å². The molecule has 0 unspecified atom stereocenters. The molecule has 0 N–H and O–H groups in total. The highest BCUT2D eigenvalue weighted by Crippen LogP contribution is 2.24.